The normalized spacial score (nSPS) is 11.7. The largest absolute Gasteiger partial charge is 0.573 e. The van der Waals surface area contributed by atoms with Crippen LogP contribution in [0.15, 0.2) is 48.7 Å². The molecule has 0 aliphatic rings. The quantitative estimate of drug-likeness (QED) is 0.581. The van der Waals surface area contributed by atoms with Crippen LogP contribution in [0.5, 0.6) is 11.6 Å². The van der Waals surface area contributed by atoms with Crippen molar-refractivity contribution in [1.29, 1.82) is 0 Å². The monoisotopic (exact) mass is 391 g/mol. The SMILES string of the molecule is Cc1cccc(OCc2c(C(C)C)cnn2-c2ccccc2OC(F)(F)F)n1. The van der Waals surface area contributed by atoms with Crippen LogP contribution in [0.1, 0.15) is 36.7 Å². The first-order chi connectivity index (χ1) is 13.2. The van der Waals surface area contributed by atoms with Gasteiger partial charge in [-0.3, -0.25) is 0 Å². The number of aryl methyl sites for hydroxylation is 1. The molecule has 8 heteroatoms. The fourth-order valence-electron chi connectivity index (χ4n) is 2.80. The topological polar surface area (TPSA) is 49.2 Å². The second kappa shape index (κ2) is 7.92. The van der Waals surface area contributed by atoms with E-state index < -0.39 is 6.36 Å². The summed E-state index contributed by atoms with van der Waals surface area (Å²) in [5.74, 6) is 0.208. The summed E-state index contributed by atoms with van der Waals surface area (Å²) >= 11 is 0. The van der Waals surface area contributed by atoms with Gasteiger partial charge in [-0.15, -0.1) is 13.2 Å². The maximum Gasteiger partial charge on any atom is 0.573 e. The fourth-order valence-corrected chi connectivity index (χ4v) is 2.80. The number of alkyl halides is 3. The smallest absolute Gasteiger partial charge is 0.471 e. The molecule has 5 nitrogen and oxygen atoms in total. The van der Waals surface area contributed by atoms with E-state index >= 15 is 0 Å². The molecule has 0 radical (unpaired) electrons. The number of nitrogens with zero attached hydrogens (tertiary/aromatic N) is 3. The molecule has 148 valence electrons. The Hall–Kier alpha value is -3.03. The Bertz CT molecular complexity index is 952. The van der Waals surface area contributed by atoms with E-state index in [9.17, 15) is 13.2 Å². The van der Waals surface area contributed by atoms with Gasteiger partial charge in [0, 0.05) is 11.8 Å². The van der Waals surface area contributed by atoms with Crippen molar-refractivity contribution >= 4 is 0 Å². The van der Waals surface area contributed by atoms with Crippen LogP contribution in [-0.4, -0.2) is 21.1 Å². The molecule has 3 rings (SSSR count). The maximum absolute atomic E-state index is 12.8. The molecule has 0 atom stereocenters. The van der Waals surface area contributed by atoms with Gasteiger partial charge in [-0.05, 0) is 36.6 Å². The highest BCUT2D eigenvalue weighted by molar-refractivity contribution is 5.48. The van der Waals surface area contributed by atoms with Crippen molar-refractivity contribution in [1.82, 2.24) is 14.8 Å². The summed E-state index contributed by atoms with van der Waals surface area (Å²) in [5.41, 5.74) is 2.49. The molecule has 2 heterocycles. The molecule has 0 aliphatic carbocycles. The van der Waals surface area contributed by atoms with Crippen LogP contribution in [0, 0.1) is 6.92 Å². The van der Waals surface area contributed by atoms with E-state index in [4.69, 9.17) is 4.74 Å². The van der Waals surface area contributed by atoms with E-state index in [-0.39, 0.29) is 24.0 Å². The highest BCUT2D eigenvalue weighted by Crippen LogP contribution is 2.31. The molecule has 28 heavy (non-hydrogen) atoms. The third-order valence-corrected chi connectivity index (χ3v) is 4.06. The lowest BCUT2D eigenvalue weighted by atomic mass is 10.0. The zero-order chi connectivity index (χ0) is 20.3. The predicted octanol–water partition coefficient (Wildman–Crippen LogP) is 5.18. The fraction of sp³-hybridized carbons (Fsp3) is 0.300. The molecule has 0 saturated heterocycles. The number of ether oxygens (including phenoxy) is 2. The standard InChI is InChI=1S/C20H20F3N3O2/c1-13(2)15-11-24-26(16-8-4-5-9-18(16)28-20(21,22)23)17(15)12-27-19-10-6-7-14(3)25-19/h4-11,13H,12H2,1-3H3. The summed E-state index contributed by atoms with van der Waals surface area (Å²) in [5, 5.41) is 4.30. The Balaban J connectivity index is 1.99. The lowest BCUT2D eigenvalue weighted by Gasteiger charge is -2.16. The zero-order valence-corrected chi connectivity index (χ0v) is 15.7. The number of para-hydroxylation sites is 2. The lowest BCUT2D eigenvalue weighted by molar-refractivity contribution is -0.274. The third kappa shape index (κ3) is 4.62. The van der Waals surface area contributed by atoms with Gasteiger partial charge >= 0.3 is 6.36 Å². The minimum absolute atomic E-state index is 0.102. The molecular formula is C20H20F3N3O2. The van der Waals surface area contributed by atoms with Crippen molar-refractivity contribution in [2.24, 2.45) is 0 Å². The number of hydrogen-bond donors (Lipinski definition) is 0. The van der Waals surface area contributed by atoms with Crippen LogP contribution in [0.3, 0.4) is 0 Å². The molecule has 0 saturated carbocycles. The van der Waals surface area contributed by atoms with E-state index in [2.05, 4.69) is 14.8 Å². The number of rotatable bonds is 6. The third-order valence-electron chi connectivity index (χ3n) is 4.06. The summed E-state index contributed by atoms with van der Waals surface area (Å²) < 4.78 is 49.8. The zero-order valence-electron chi connectivity index (χ0n) is 15.7. The average molecular weight is 391 g/mol. The van der Waals surface area contributed by atoms with Gasteiger partial charge in [0.05, 0.1) is 11.9 Å². The molecule has 0 spiro atoms. The van der Waals surface area contributed by atoms with E-state index in [1.54, 1.807) is 18.3 Å². The molecule has 0 bridgehead atoms. The minimum atomic E-state index is -4.80. The molecule has 0 aliphatic heterocycles. The number of pyridine rings is 1. The second-order valence-electron chi connectivity index (χ2n) is 6.53. The number of halogens is 3. The van der Waals surface area contributed by atoms with Crippen LogP contribution >= 0.6 is 0 Å². The summed E-state index contributed by atoms with van der Waals surface area (Å²) in [4.78, 5) is 4.29. The molecule has 0 fully saturated rings. The maximum atomic E-state index is 12.8. The summed E-state index contributed by atoms with van der Waals surface area (Å²) in [6, 6.07) is 11.3. The molecule has 0 amide bonds. The first kappa shape index (κ1) is 19.7. The van der Waals surface area contributed by atoms with E-state index in [1.807, 2.05) is 32.9 Å². The van der Waals surface area contributed by atoms with Crippen molar-refractivity contribution < 1.29 is 22.6 Å². The van der Waals surface area contributed by atoms with Crippen molar-refractivity contribution in [3.05, 3.63) is 65.6 Å². The summed E-state index contributed by atoms with van der Waals surface area (Å²) in [6.07, 6.45) is -3.16. The lowest BCUT2D eigenvalue weighted by Crippen LogP contribution is -2.19. The van der Waals surface area contributed by atoms with Crippen molar-refractivity contribution in [3.8, 4) is 17.3 Å². The number of hydrogen-bond acceptors (Lipinski definition) is 4. The van der Waals surface area contributed by atoms with Gasteiger partial charge in [0.1, 0.15) is 12.3 Å². The van der Waals surface area contributed by atoms with E-state index in [1.165, 1.54) is 22.9 Å². The molecular weight excluding hydrogens is 371 g/mol. The van der Waals surface area contributed by atoms with Crippen LogP contribution < -0.4 is 9.47 Å². The van der Waals surface area contributed by atoms with Crippen LogP contribution in [0.25, 0.3) is 5.69 Å². The Morgan fingerprint density at radius 3 is 2.50 bits per heavy atom. The number of benzene rings is 1. The van der Waals surface area contributed by atoms with Gasteiger partial charge in [0.15, 0.2) is 5.75 Å². The van der Waals surface area contributed by atoms with Crippen LogP contribution in [-0.2, 0) is 6.61 Å². The Morgan fingerprint density at radius 2 is 1.82 bits per heavy atom. The average Bonchev–Trinajstić information content (AvgIpc) is 3.03. The minimum Gasteiger partial charge on any atom is -0.471 e. The Morgan fingerprint density at radius 1 is 1.07 bits per heavy atom. The summed E-state index contributed by atoms with van der Waals surface area (Å²) in [6.45, 7) is 5.91. The van der Waals surface area contributed by atoms with Gasteiger partial charge in [-0.1, -0.05) is 32.0 Å². The number of aromatic nitrogens is 3. The van der Waals surface area contributed by atoms with Gasteiger partial charge in [0.2, 0.25) is 5.88 Å². The molecule has 0 unspecified atom stereocenters. The van der Waals surface area contributed by atoms with Crippen molar-refractivity contribution in [2.45, 2.75) is 39.7 Å². The van der Waals surface area contributed by atoms with Crippen LogP contribution in [0.2, 0.25) is 0 Å². The highest BCUT2D eigenvalue weighted by Gasteiger charge is 2.32. The Kier molecular flexibility index (Phi) is 5.58. The molecule has 0 N–H and O–H groups in total. The van der Waals surface area contributed by atoms with Crippen molar-refractivity contribution in [3.63, 3.8) is 0 Å². The highest BCUT2D eigenvalue weighted by atomic mass is 19.4. The van der Waals surface area contributed by atoms with Crippen LogP contribution in [0.4, 0.5) is 13.2 Å². The molecule has 1 aromatic carbocycles. The van der Waals surface area contributed by atoms with E-state index in [0.717, 1.165) is 11.3 Å². The second-order valence-corrected chi connectivity index (χ2v) is 6.53. The van der Waals surface area contributed by atoms with Gasteiger partial charge < -0.3 is 9.47 Å². The van der Waals surface area contributed by atoms with Gasteiger partial charge in [-0.2, -0.15) is 5.10 Å². The predicted molar refractivity (Wildman–Crippen MR) is 97.6 cm³/mol. The summed E-state index contributed by atoms with van der Waals surface area (Å²) in [7, 11) is 0. The van der Waals surface area contributed by atoms with Gasteiger partial charge in [-0.25, -0.2) is 9.67 Å². The molecule has 3 aromatic rings. The van der Waals surface area contributed by atoms with Crippen molar-refractivity contribution in [2.75, 3.05) is 0 Å². The Labute approximate surface area is 160 Å². The first-order valence-corrected chi connectivity index (χ1v) is 8.73. The van der Waals surface area contributed by atoms with E-state index in [0.29, 0.717) is 11.6 Å². The van der Waals surface area contributed by atoms with Gasteiger partial charge in [0.25, 0.3) is 0 Å². The molecule has 2 aromatic heterocycles. The first-order valence-electron chi connectivity index (χ1n) is 8.73.